The fourth-order valence-electron chi connectivity index (χ4n) is 3.82. The van der Waals surface area contributed by atoms with Gasteiger partial charge in [0.25, 0.3) is 5.91 Å². The average molecular weight is 387 g/mol. The molecule has 3 aromatic carbocycles. The summed E-state index contributed by atoms with van der Waals surface area (Å²) >= 11 is 0. The SMILES string of the molecule is O=C1c2[nH]nc(-c3ccc(F)cc3)c2C(c2cccc(F)c2)N1c1ccccc1. The largest absolute Gasteiger partial charge is 0.295 e. The standard InChI is InChI=1S/C23H15F2N3O/c24-16-11-9-14(10-12-16)20-19-21(27-26-20)23(29)28(18-7-2-1-3-8-18)22(19)15-5-4-6-17(25)13-15/h1-13,22H,(H,26,27). The van der Waals surface area contributed by atoms with Gasteiger partial charge in [0.05, 0.1) is 11.7 Å². The van der Waals surface area contributed by atoms with E-state index in [1.807, 2.05) is 30.3 Å². The molecule has 0 saturated heterocycles. The Morgan fingerprint density at radius 1 is 0.862 bits per heavy atom. The summed E-state index contributed by atoms with van der Waals surface area (Å²) in [7, 11) is 0. The van der Waals surface area contributed by atoms with E-state index in [-0.39, 0.29) is 17.5 Å². The van der Waals surface area contributed by atoms with E-state index in [0.29, 0.717) is 33.8 Å². The summed E-state index contributed by atoms with van der Waals surface area (Å²) in [5, 5.41) is 7.16. The highest BCUT2D eigenvalue weighted by Gasteiger charge is 2.43. The van der Waals surface area contributed by atoms with Gasteiger partial charge in [-0.25, -0.2) is 8.78 Å². The van der Waals surface area contributed by atoms with Crippen LogP contribution < -0.4 is 4.90 Å². The minimum absolute atomic E-state index is 0.249. The molecule has 4 aromatic rings. The number of fused-ring (bicyclic) bond motifs is 1. The highest BCUT2D eigenvalue weighted by atomic mass is 19.1. The topological polar surface area (TPSA) is 49.0 Å². The number of benzene rings is 3. The van der Waals surface area contributed by atoms with Crippen LogP contribution in [0.5, 0.6) is 0 Å². The zero-order valence-electron chi connectivity index (χ0n) is 15.1. The maximum absolute atomic E-state index is 14.0. The Bertz CT molecular complexity index is 1200. The first-order valence-electron chi connectivity index (χ1n) is 9.12. The van der Waals surface area contributed by atoms with Gasteiger partial charge in [-0.05, 0) is 54.1 Å². The fraction of sp³-hybridized carbons (Fsp3) is 0.0435. The number of halogens is 2. The molecule has 142 valence electrons. The molecular formula is C23H15F2N3O. The molecule has 6 heteroatoms. The Kier molecular flexibility index (Phi) is 3.98. The molecule has 1 aromatic heterocycles. The van der Waals surface area contributed by atoms with E-state index in [9.17, 15) is 13.6 Å². The molecule has 4 nitrogen and oxygen atoms in total. The van der Waals surface area contributed by atoms with Crippen molar-refractivity contribution >= 4 is 11.6 Å². The number of H-pyrrole nitrogens is 1. The monoisotopic (exact) mass is 387 g/mol. The second-order valence-electron chi connectivity index (χ2n) is 6.84. The Labute approximate surface area is 165 Å². The summed E-state index contributed by atoms with van der Waals surface area (Å²) in [4.78, 5) is 14.9. The molecule has 0 bridgehead atoms. The van der Waals surface area contributed by atoms with E-state index in [4.69, 9.17) is 0 Å². The second kappa shape index (κ2) is 6.67. The van der Waals surface area contributed by atoms with Gasteiger partial charge in [-0.1, -0.05) is 30.3 Å². The normalized spacial score (nSPS) is 15.6. The van der Waals surface area contributed by atoms with Gasteiger partial charge in [-0.2, -0.15) is 5.10 Å². The van der Waals surface area contributed by atoms with Crippen LogP contribution in [0.25, 0.3) is 11.3 Å². The smallest absolute Gasteiger partial charge is 0.277 e. The zero-order chi connectivity index (χ0) is 20.0. The fourth-order valence-corrected chi connectivity index (χ4v) is 3.82. The number of hydrogen-bond donors (Lipinski definition) is 1. The molecular weight excluding hydrogens is 372 g/mol. The number of anilines is 1. The number of amides is 1. The van der Waals surface area contributed by atoms with Crippen LogP contribution in [0.1, 0.15) is 27.7 Å². The van der Waals surface area contributed by atoms with Crippen molar-refractivity contribution in [1.82, 2.24) is 10.2 Å². The molecule has 1 atom stereocenters. The second-order valence-corrected chi connectivity index (χ2v) is 6.84. The van der Waals surface area contributed by atoms with E-state index < -0.39 is 6.04 Å². The minimum Gasteiger partial charge on any atom is -0.295 e. The average Bonchev–Trinajstić information content (AvgIpc) is 3.28. The highest BCUT2D eigenvalue weighted by Crippen LogP contribution is 2.44. The number of aromatic nitrogens is 2. The molecule has 1 N–H and O–H groups in total. The lowest BCUT2D eigenvalue weighted by molar-refractivity contribution is 0.0988. The number of carbonyl (C=O) groups excluding carboxylic acids is 1. The summed E-state index contributed by atoms with van der Waals surface area (Å²) in [6.07, 6.45) is 0. The Hall–Kier alpha value is -3.80. The van der Waals surface area contributed by atoms with E-state index in [2.05, 4.69) is 10.2 Å². The summed E-state index contributed by atoms with van der Waals surface area (Å²) in [5.74, 6) is -0.992. The van der Waals surface area contributed by atoms with Crippen LogP contribution in [0.2, 0.25) is 0 Å². The van der Waals surface area contributed by atoms with Gasteiger partial charge < -0.3 is 0 Å². The molecule has 2 heterocycles. The minimum atomic E-state index is -0.561. The van der Waals surface area contributed by atoms with Crippen LogP contribution >= 0.6 is 0 Å². The predicted molar refractivity (Wildman–Crippen MR) is 105 cm³/mol. The van der Waals surface area contributed by atoms with E-state index in [1.54, 1.807) is 29.2 Å². The number of para-hydroxylation sites is 1. The van der Waals surface area contributed by atoms with Crippen molar-refractivity contribution in [2.75, 3.05) is 4.90 Å². The number of nitrogens with zero attached hydrogens (tertiary/aromatic N) is 2. The van der Waals surface area contributed by atoms with E-state index >= 15 is 0 Å². The molecule has 1 aliphatic rings. The van der Waals surface area contributed by atoms with Gasteiger partial charge in [-0.3, -0.25) is 14.8 Å². The first-order valence-corrected chi connectivity index (χ1v) is 9.12. The number of aromatic amines is 1. The third-order valence-corrected chi connectivity index (χ3v) is 5.08. The summed E-state index contributed by atoms with van der Waals surface area (Å²) in [5.41, 5.74) is 3.54. The van der Waals surface area contributed by atoms with Crippen LogP contribution in [0.4, 0.5) is 14.5 Å². The van der Waals surface area contributed by atoms with E-state index in [1.165, 1.54) is 24.3 Å². The summed E-state index contributed by atoms with van der Waals surface area (Å²) in [6, 6.07) is 20.8. The molecule has 1 amide bonds. The predicted octanol–water partition coefficient (Wildman–Crippen LogP) is 5.10. The van der Waals surface area contributed by atoms with Crippen LogP contribution in [-0.4, -0.2) is 16.1 Å². The lowest BCUT2D eigenvalue weighted by Gasteiger charge is -2.26. The van der Waals surface area contributed by atoms with Gasteiger partial charge >= 0.3 is 0 Å². The van der Waals surface area contributed by atoms with E-state index in [0.717, 1.165) is 0 Å². The molecule has 0 fully saturated rings. The number of nitrogens with one attached hydrogen (secondary N) is 1. The van der Waals surface area contributed by atoms with Crippen molar-refractivity contribution in [3.8, 4) is 11.3 Å². The zero-order valence-corrected chi connectivity index (χ0v) is 15.1. The molecule has 1 aliphatic heterocycles. The lowest BCUT2D eigenvalue weighted by atomic mass is 9.96. The third kappa shape index (κ3) is 2.81. The van der Waals surface area contributed by atoms with Crippen molar-refractivity contribution in [3.05, 3.63) is 107 Å². The first kappa shape index (κ1) is 17.3. The molecule has 0 aliphatic carbocycles. The molecule has 1 unspecified atom stereocenters. The Balaban J connectivity index is 1.74. The molecule has 0 saturated carbocycles. The number of rotatable bonds is 3. The van der Waals surface area contributed by atoms with Crippen molar-refractivity contribution in [3.63, 3.8) is 0 Å². The summed E-state index contributed by atoms with van der Waals surface area (Å²) < 4.78 is 27.5. The van der Waals surface area contributed by atoms with Crippen LogP contribution in [-0.2, 0) is 0 Å². The van der Waals surface area contributed by atoms with Crippen molar-refractivity contribution in [2.24, 2.45) is 0 Å². The third-order valence-electron chi connectivity index (χ3n) is 5.08. The number of carbonyl (C=O) groups is 1. The molecule has 0 radical (unpaired) electrons. The first-order chi connectivity index (χ1) is 14.1. The van der Waals surface area contributed by atoms with Crippen molar-refractivity contribution < 1.29 is 13.6 Å². The van der Waals surface area contributed by atoms with Gasteiger partial charge in [0.2, 0.25) is 0 Å². The molecule has 5 rings (SSSR count). The maximum atomic E-state index is 14.0. The van der Waals surface area contributed by atoms with Gasteiger partial charge in [0, 0.05) is 16.8 Å². The summed E-state index contributed by atoms with van der Waals surface area (Å²) in [6.45, 7) is 0. The van der Waals surface area contributed by atoms with Crippen LogP contribution in [0, 0.1) is 11.6 Å². The maximum Gasteiger partial charge on any atom is 0.277 e. The molecule has 0 spiro atoms. The van der Waals surface area contributed by atoms with Crippen LogP contribution in [0.15, 0.2) is 78.9 Å². The Morgan fingerprint density at radius 2 is 1.62 bits per heavy atom. The van der Waals surface area contributed by atoms with Gasteiger partial charge in [0.15, 0.2) is 0 Å². The van der Waals surface area contributed by atoms with Crippen molar-refractivity contribution in [1.29, 1.82) is 0 Å². The quantitative estimate of drug-likeness (QED) is 0.531. The van der Waals surface area contributed by atoms with Crippen molar-refractivity contribution in [2.45, 2.75) is 6.04 Å². The highest BCUT2D eigenvalue weighted by molar-refractivity contribution is 6.11. The van der Waals surface area contributed by atoms with Gasteiger partial charge in [0.1, 0.15) is 17.3 Å². The number of hydrogen-bond acceptors (Lipinski definition) is 2. The lowest BCUT2D eigenvalue weighted by Crippen LogP contribution is -2.29. The Morgan fingerprint density at radius 3 is 2.34 bits per heavy atom. The molecule has 29 heavy (non-hydrogen) atoms. The van der Waals surface area contributed by atoms with Crippen LogP contribution in [0.3, 0.4) is 0 Å². The van der Waals surface area contributed by atoms with Gasteiger partial charge in [-0.15, -0.1) is 0 Å².